The summed E-state index contributed by atoms with van der Waals surface area (Å²) < 4.78 is 48.9. The van der Waals surface area contributed by atoms with Crippen LogP contribution in [0.15, 0.2) is 36.5 Å². The average Bonchev–Trinajstić information content (AvgIpc) is 2.54. The molecular weight excluding hydrogens is 397 g/mol. The molecular formula is C19H20ClF3N2O3. The molecule has 0 aliphatic rings. The lowest BCUT2D eigenvalue weighted by Crippen LogP contribution is -2.31. The lowest BCUT2D eigenvalue weighted by Gasteiger charge is -2.21. The van der Waals surface area contributed by atoms with Crippen LogP contribution in [0, 0.1) is 0 Å². The summed E-state index contributed by atoms with van der Waals surface area (Å²) in [6.07, 6.45) is -6.13. The van der Waals surface area contributed by atoms with Crippen molar-refractivity contribution < 1.29 is 27.4 Å². The monoisotopic (exact) mass is 416 g/mol. The molecule has 1 heterocycles. The molecule has 1 N–H and O–H groups in total. The Morgan fingerprint density at radius 1 is 1.18 bits per heavy atom. The molecule has 0 saturated heterocycles. The van der Waals surface area contributed by atoms with Gasteiger partial charge in [-0.1, -0.05) is 23.7 Å². The van der Waals surface area contributed by atoms with E-state index in [1.807, 2.05) is 0 Å². The van der Waals surface area contributed by atoms with Crippen molar-refractivity contribution in [3.8, 4) is 17.0 Å². The van der Waals surface area contributed by atoms with Crippen LogP contribution in [0.2, 0.25) is 5.02 Å². The Kier molecular flexibility index (Phi) is 6.44. The third kappa shape index (κ3) is 6.30. The predicted molar refractivity (Wildman–Crippen MR) is 101 cm³/mol. The van der Waals surface area contributed by atoms with Crippen molar-refractivity contribution in [2.75, 3.05) is 5.32 Å². The molecule has 0 spiro atoms. The number of amides is 1. The summed E-state index contributed by atoms with van der Waals surface area (Å²) in [6.45, 7) is 6.01. The number of benzene rings is 1. The molecule has 2 aromatic rings. The highest BCUT2D eigenvalue weighted by Crippen LogP contribution is 2.34. The van der Waals surface area contributed by atoms with Crippen LogP contribution in [-0.4, -0.2) is 29.0 Å². The molecule has 1 aromatic carbocycles. The largest absolute Gasteiger partial charge is 0.465 e. The molecule has 0 aliphatic heterocycles. The number of alkyl halides is 3. The number of halogens is 4. The van der Waals surface area contributed by atoms with Gasteiger partial charge in [0.1, 0.15) is 5.60 Å². The molecule has 1 amide bonds. The van der Waals surface area contributed by atoms with Crippen LogP contribution in [0.4, 0.5) is 23.7 Å². The Hall–Kier alpha value is -2.48. The van der Waals surface area contributed by atoms with Crippen molar-refractivity contribution in [2.24, 2.45) is 0 Å². The number of rotatable bonds is 4. The second kappa shape index (κ2) is 8.26. The van der Waals surface area contributed by atoms with E-state index in [1.165, 1.54) is 12.3 Å². The Balaban J connectivity index is 2.37. The maximum atomic E-state index is 12.9. The van der Waals surface area contributed by atoms with Gasteiger partial charge in [-0.25, -0.2) is 9.78 Å². The van der Waals surface area contributed by atoms with Gasteiger partial charge in [0.05, 0.1) is 11.9 Å². The average molecular weight is 417 g/mol. The van der Waals surface area contributed by atoms with E-state index in [0.29, 0.717) is 10.6 Å². The first kappa shape index (κ1) is 21.8. The molecule has 0 unspecified atom stereocenters. The van der Waals surface area contributed by atoms with E-state index in [4.69, 9.17) is 21.1 Å². The van der Waals surface area contributed by atoms with Crippen molar-refractivity contribution in [1.82, 2.24) is 4.98 Å². The van der Waals surface area contributed by atoms with Crippen LogP contribution >= 0.6 is 11.6 Å². The molecule has 0 bridgehead atoms. The normalized spacial score (nSPS) is 13.0. The SMILES string of the molecule is C[C@H](Oc1ncc(NC(=O)OC(C)(C)C)cc1-c1ccc(Cl)cc1)C(F)(F)F. The van der Waals surface area contributed by atoms with Gasteiger partial charge in [0, 0.05) is 10.6 Å². The second-order valence-corrected chi connectivity index (χ2v) is 7.45. The predicted octanol–water partition coefficient (Wildman–Crippen LogP) is 6.08. The van der Waals surface area contributed by atoms with Crippen LogP contribution in [0.1, 0.15) is 27.7 Å². The minimum Gasteiger partial charge on any atom is -0.465 e. The number of nitrogens with zero attached hydrogens (tertiary/aromatic N) is 1. The van der Waals surface area contributed by atoms with Crippen molar-refractivity contribution in [2.45, 2.75) is 45.6 Å². The number of pyridine rings is 1. The zero-order valence-electron chi connectivity index (χ0n) is 15.7. The molecule has 28 heavy (non-hydrogen) atoms. The van der Waals surface area contributed by atoms with Crippen LogP contribution in [0.3, 0.4) is 0 Å². The number of aromatic nitrogens is 1. The molecule has 1 atom stereocenters. The number of hydrogen-bond acceptors (Lipinski definition) is 4. The van der Waals surface area contributed by atoms with E-state index in [1.54, 1.807) is 45.0 Å². The highest BCUT2D eigenvalue weighted by atomic mass is 35.5. The summed E-state index contributed by atoms with van der Waals surface area (Å²) in [5.74, 6) is -0.220. The van der Waals surface area contributed by atoms with Gasteiger partial charge in [0.15, 0.2) is 6.10 Å². The standard InChI is InChI=1S/C19H20ClF3N2O3/c1-11(19(21,22)23)27-16-15(12-5-7-13(20)8-6-12)9-14(10-24-16)25-17(26)28-18(2,3)4/h5-11H,1-4H3,(H,25,26)/t11-/m0/s1. The summed E-state index contributed by atoms with van der Waals surface area (Å²) in [7, 11) is 0. The first-order valence-corrected chi connectivity index (χ1v) is 8.72. The Morgan fingerprint density at radius 3 is 2.32 bits per heavy atom. The van der Waals surface area contributed by atoms with E-state index in [0.717, 1.165) is 6.92 Å². The number of carbonyl (C=O) groups is 1. The maximum Gasteiger partial charge on any atom is 0.425 e. The van der Waals surface area contributed by atoms with Gasteiger partial charge in [-0.15, -0.1) is 0 Å². The summed E-state index contributed by atoms with van der Waals surface area (Å²) in [6, 6.07) is 7.85. The van der Waals surface area contributed by atoms with E-state index < -0.39 is 24.0 Å². The Bertz CT molecular complexity index is 834. The Labute approximate surface area is 165 Å². The van der Waals surface area contributed by atoms with Gasteiger partial charge in [-0.05, 0) is 51.5 Å². The van der Waals surface area contributed by atoms with E-state index in [2.05, 4.69) is 10.3 Å². The number of ether oxygens (including phenoxy) is 2. The molecule has 2 rings (SSSR count). The number of nitrogens with one attached hydrogen (secondary N) is 1. The number of carbonyl (C=O) groups excluding carboxylic acids is 1. The van der Waals surface area contributed by atoms with Gasteiger partial charge in [0.25, 0.3) is 0 Å². The van der Waals surface area contributed by atoms with Crippen LogP contribution in [0.5, 0.6) is 5.88 Å². The summed E-state index contributed by atoms with van der Waals surface area (Å²) in [4.78, 5) is 15.9. The first-order valence-electron chi connectivity index (χ1n) is 8.34. The molecule has 1 aromatic heterocycles. The van der Waals surface area contributed by atoms with Crippen molar-refractivity contribution in [3.05, 3.63) is 41.6 Å². The fraction of sp³-hybridized carbons (Fsp3) is 0.368. The highest BCUT2D eigenvalue weighted by molar-refractivity contribution is 6.30. The summed E-state index contributed by atoms with van der Waals surface area (Å²) >= 11 is 5.88. The molecule has 0 aliphatic carbocycles. The molecule has 5 nitrogen and oxygen atoms in total. The van der Waals surface area contributed by atoms with Crippen LogP contribution in [-0.2, 0) is 4.74 Å². The van der Waals surface area contributed by atoms with Crippen molar-refractivity contribution >= 4 is 23.4 Å². The zero-order valence-corrected chi connectivity index (χ0v) is 16.5. The molecule has 9 heteroatoms. The lowest BCUT2D eigenvalue weighted by atomic mass is 10.1. The maximum absolute atomic E-state index is 12.9. The first-order chi connectivity index (χ1) is 12.8. The lowest BCUT2D eigenvalue weighted by molar-refractivity contribution is -0.189. The van der Waals surface area contributed by atoms with Crippen molar-refractivity contribution in [1.29, 1.82) is 0 Å². The van der Waals surface area contributed by atoms with Gasteiger partial charge in [-0.2, -0.15) is 13.2 Å². The van der Waals surface area contributed by atoms with Crippen LogP contribution in [0.25, 0.3) is 11.1 Å². The quantitative estimate of drug-likeness (QED) is 0.656. The fourth-order valence-corrected chi connectivity index (χ4v) is 2.23. The number of anilines is 1. The molecule has 0 radical (unpaired) electrons. The Morgan fingerprint density at radius 2 is 1.79 bits per heavy atom. The molecule has 0 fully saturated rings. The molecule has 152 valence electrons. The third-order valence-corrected chi connectivity index (χ3v) is 3.65. The number of hydrogen-bond donors (Lipinski definition) is 1. The van der Waals surface area contributed by atoms with Gasteiger partial charge < -0.3 is 9.47 Å². The van der Waals surface area contributed by atoms with E-state index in [9.17, 15) is 18.0 Å². The van der Waals surface area contributed by atoms with Crippen LogP contribution < -0.4 is 10.1 Å². The fourth-order valence-electron chi connectivity index (χ4n) is 2.11. The highest BCUT2D eigenvalue weighted by Gasteiger charge is 2.38. The zero-order chi connectivity index (χ0) is 21.1. The van der Waals surface area contributed by atoms with Gasteiger partial charge in [-0.3, -0.25) is 5.32 Å². The van der Waals surface area contributed by atoms with Gasteiger partial charge in [0.2, 0.25) is 5.88 Å². The second-order valence-electron chi connectivity index (χ2n) is 7.01. The third-order valence-electron chi connectivity index (χ3n) is 3.40. The van der Waals surface area contributed by atoms with Gasteiger partial charge >= 0.3 is 12.3 Å². The van der Waals surface area contributed by atoms with E-state index >= 15 is 0 Å². The topological polar surface area (TPSA) is 60.5 Å². The summed E-state index contributed by atoms with van der Waals surface area (Å²) in [5, 5.41) is 2.97. The minimum absolute atomic E-state index is 0.220. The van der Waals surface area contributed by atoms with Crippen molar-refractivity contribution in [3.63, 3.8) is 0 Å². The molecule has 0 saturated carbocycles. The summed E-state index contributed by atoms with van der Waals surface area (Å²) in [5.41, 5.74) is 0.323. The minimum atomic E-state index is -4.55. The van der Waals surface area contributed by atoms with E-state index in [-0.39, 0.29) is 17.1 Å². The smallest absolute Gasteiger partial charge is 0.425 e.